The average Bonchev–Trinajstić information content (AvgIpc) is 3.13. The summed E-state index contributed by atoms with van der Waals surface area (Å²) >= 11 is 0. The maximum atomic E-state index is 12.7. The summed E-state index contributed by atoms with van der Waals surface area (Å²) in [4.78, 5) is 2.24. The molecular formula is C20H32N4O4S2. The monoisotopic (exact) mass is 456 g/mol. The Morgan fingerprint density at radius 1 is 1.17 bits per heavy atom. The highest BCUT2D eigenvalue weighted by atomic mass is 32.2. The van der Waals surface area contributed by atoms with Crippen molar-refractivity contribution in [3.63, 3.8) is 0 Å². The first-order chi connectivity index (χ1) is 13.9. The molecule has 2 rings (SSSR count). The minimum Gasteiger partial charge on any atom is -0.383 e. The van der Waals surface area contributed by atoms with Gasteiger partial charge in [0, 0.05) is 19.1 Å². The van der Waals surface area contributed by atoms with Crippen LogP contribution in [0, 0.1) is 11.3 Å². The topological polar surface area (TPSA) is 119 Å². The minimum atomic E-state index is -3.77. The second-order valence-electron chi connectivity index (χ2n) is 8.71. The lowest BCUT2D eigenvalue weighted by Gasteiger charge is -2.21. The molecule has 1 atom stereocenters. The summed E-state index contributed by atoms with van der Waals surface area (Å²) in [5.74, 6) is -0.0863. The van der Waals surface area contributed by atoms with E-state index in [1.807, 2.05) is 13.0 Å². The Morgan fingerprint density at radius 3 is 2.37 bits per heavy atom. The fourth-order valence-electron chi connectivity index (χ4n) is 3.29. The van der Waals surface area contributed by atoms with Gasteiger partial charge in [0.25, 0.3) is 0 Å². The summed E-state index contributed by atoms with van der Waals surface area (Å²) in [6, 6.07) is 5.97. The van der Waals surface area contributed by atoms with Gasteiger partial charge < -0.3 is 10.2 Å². The van der Waals surface area contributed by atoms with Crippen LogP contribution in [0.15, 0.2) is 23.1 Å². The summed E-state index contributed by atoms with van der Waals surface area (Å²) in [5.41, 5.74) is 0.559. The molecule has 0 radical (unpaired) electrons. The van der Waals surface area contributed by atoms with E-state index in [0.717, 1.165) is 25.9 Å². The number of sulfone groups is 1. The number of likely N-dealkylation sites (tertiary alicyclic amines) is 1. The van der Waals surface area contributed by atoms with E-state index in [2.05, 4.69) is 14.9 Å². The largest absolute Gasteiger partial charge is 0.383 e. The van der Waals surface area contributed by atoms with Gasteiger partial charge in [-0.25, -0.2) is 21.6 Å². The Balaban J connectivity index is 2.06. The van der Waals surface area contributed by atoms with E-state index in [9.17, 15) is 22.1 Å². The molecule has 2 N–H and O–H groups in total. The number of nitriles is 1. The molecule has 168 valence electrons. The zero-order chi connectivity index (χ0) is 22.6. The van der Waals surface area contributed by atoms with E-state index >= 15 is 0 Å². The lowest BCUT2D eigenvalue weighted by molar-refractivity contribution is 0.313. The lowest BCUT2D eigenvalue weighted by Crippen LogP contribution is -2.41. The van der Waals surface area contributed by atoms with E-state index in [4.69, 9.17) is 0 Å². The molecule has 0 amide bonds. The van der Waals surface area contributed by atoms with Crippen molar-refractivity contribution in [1.82, 2.24) is 9.62 Å². The van der Waals surface area contributed by atoms with Crippen LogP contribution in [0.4, 0.5) is 5.69 Å². The van der Waals surface area contributed by atoms with Gasteiger partial charge in [-0.2, -0.15) is 5.26 Å². The van der Waals surface area contributed by atoms with Crippen molar-refractivity contribution >= 4 is 25.5 Å². The molecular weight excluding hydrogens is 424 g/mol. The third-order valence-corrected chi connectivity index (χ3v) is 9.32. The molecule has 1 aromatic carbocycles. The zero-order valence-corrected chi connectivity index (χ0v) is 19.7. The Labute approximate surface area is 180 Å². The van der Waals surface area contributed by atoms with Gasteiger partial charge in [-0.3, -0.25) is 0 Å². The van der Waals surface area contributed by atoms with Gasteiger partial charge in [0.1, 0.15) is 6.07 Å². The van der Waals surface area contributed by atoms with E-state index in [-0.39, 0.29) is 28.8 Å². The highest BCUT2D eigenvalue weighted by Gasteiger charge is 2.28. The van der Waals surface area contributed by atoms with Gasteiger partial charge in [0.05, 0.1) is 26.6 Å². The smallest absolute Gasteiger partial charge is 0.240 e. The molecule has 0 aromatic heterocycles. The third-order valence-electron chi connectivity index (χ3n) is 5.13. The molecule has 1 aromatic rings. The van der Waals surface area contributed by atoms with Gasteiger partial charge in [-0.1, -0.05) is 0 Å². The Bertz CT molecular complexity index is 987. The van der Waals surface area contributed by atoms with E-state index < -0.39 is 24.6 Å². The first-order valence-electron chi connectivity index (χ1n) is 10.1. The molecule has 0 saturated carbocycles. The molecule has 1 unspecified atom stereocenters. The summed E-state index contributed by atoms with van der Waals surface area (Å²) in [6.07, 6.45) is 2.27. The number of hydrogen-bond donors (Lipinski definition) is 2. The van der Waals surface area contributed by atoms with Crippen LogP contribution in [-0.4, -0.2) is 64.5 Å². The quantitative estimate of drug-likeness (QED) is 0.583. The third kappa shape index (κ3) is 6.41. The SMILES string of the molecule is CC(CN1CCCC1)NS(=O)(=O)c1ccc(NCCS(=O)(=O)C(C)(C)C)c(C#N)c1. The molecule has 1 heterocycles. The average molecular weight is 457 g/mol. The normalized spacial score (nSPS) is 16.9. The summed E-state index contributed by atoms with van der Waals surface area (Å²) in [6.45, 7) is 9.48. The van der Waals surface area contributed by atoms with Crippen LogP contribution in [0.25, 0.3) is 0 Å². The predicted molar refractivity (Wildman–Crippen MR) is 119 cm³/mol. The van der Waals surface area contributed by atoms with Crippen molar-refractivity contribution in [3.05, 3.63) is 23.8 Å². The molecule has 1 saturated heterocycles. The number of nitrogens with one attached hydrogen (secondary N) is 2. The molecule has 10 heteroatoms. The van der Waals surface area contributed by atoms with Gasteiger partial charge >= 0.3 is 0 Å². The van der Waals surface area contributed by atoms with E-state index in [1.165, 1.54) is 18.2 Å². The van der Waals surface area contributed by atoms with Crippen molar-refractivity contribution in [3.8, 4) is 6.07 Å². The molecule has 8 nitrogen and oxygen atoms in total. The van der Waals surface area contributed by atoms with Gasteiger partial charge in [-0.05, 0) is 71.8 Å². The fraction of sp³-hybridized carbons (Fsp3) is 0.650. The molecule has 1 aliphatic rings. The van der Waals surface area contributed by atoms with Crippen LogP contribution in [-0.2, 0) is 19.9 Å². The molecule has 0 bridgehead atoms. The summed E-state index contributed by atoms with van der Waals surface area (Å²) < 4.78 is 51.7. The summed E-state index contributed by atoms with van der Waals surface area (Å²) in [5, 5.41) is 12.4. The first kappa shape index (κ1) is 24.6. The lowest BCUT2D eigenvalue weighted by atomic mass is 10.2. The second-order valence-corrected chi connectivity index (χ2v) is 13.3. The van der Waals surface area contributed by atoms with Crippen molar-refractivity contribution in [1.29, 1.82) is 5.26 Å². The molecule has 0 aliphatic carbocycles. The van der Waals surface area contributed by atoms with E-state index in [1.54, 1.807) is 20.8 Å². The minimum absolute atomic E-state index is 0.0141. The van der Waals surface area contributed by atoms with Crippen LogP contribution in [0.1, 0.15) is 46.1 Å². The second kappa shape index (κ2) is 9.64. The van der Waals surface area contributed by atoms with Crippen LogP contribution in [0.2, 0.25) is 0 Å². The molecule has 1 aliphatic heterocycles. The highest BCUT2D eigenvalue weighted by molar-refractivity contribution is 7.92. The van der Waals surface area contributed by atoms with Crippen molar-refractivity contribution in [2.24, 2.45) is 0 Å². The standard InChI is InChI=1S/C20H32N4O4S2/c1-16(15-24-10-5-6-11-24)23-30(27,28)18-7-8-19(17(13-18)14-21)22-9-12-29(25,26)20(2,3)4/h7-8,13,16,22-23H,5-6,9-12,15H2,1-4H3. The number of hydrogen-bond acceptors (Lipinski definition) is 7. The number of benzene rings is 1. The number of nitrogens with zero attached hydrogens (tertiary/aromatic N) is 2. The van der Waals surface area contributed by atoms with Crippen LogP contribution in [0.3, 0.4) is 0 Å². The van der Waals surface area contributed by atoms with Crippen molar-refractivity contribution in [2.75, 3.05) is 37.2 Å². The Kier molecular flexibility index (Phi) is 7.91. The zero-order valence-electron chi connectivity index (χ0n) is 18.1. The molecule has 0 spiro atoms. The van der Waals surface area contributed by atoms with Gasteiger partial charge in [0.2, 0.25) is 10.0 Å². The number of rotatable bonds is 9. The highest BCUT2D eigenvalue weighted by Crippen LogP contribution is 2.21. The van der Waals surface area contributed by atoms with Crippen molar-refractivity contribution < 1.29 is 16.8 Å². The van der Waals surface area contributed by atoms with Crippen LogP contribution < -0.4 is 10.0 Å². The molecule has 1 fully saturated rings. The maximum absolute atomic E-state index is 12.7. The van der Waals surface area contributed by atoms with Gasteiger partial charge in [-0.15, -0.1) is 0 Å². The first-order valence-corrected chi connectivity index (χ1v) is 13.2. The van der Waals surface area contributed by atoms with Crippen LogP contribution >= 0.6 is 0 Å². The maximum Gasteiger partial charge on any atom is 0.240 e. The number of sulfonamides is 1. The fourth-order valence-corrected chi connectivity index (χ4v) is 5.53. The van der Waals surface area contributed by atoms with E-state index in [0.29, 0.717) is 12.2 Å². The van der Waals surface area contributed by atoms with Crippen molar-refractivity contribution in [2.45, 2.75) is 56.2 Å². The van der Waals surface area contributed by atoms with Gasteiger partial charge in [0.15, 0.2) is 9.84 Å². The number of anilines is 1. The Hall–Kier alpha value is -1.67. The Morgan fingerprint density at radius 2 is 1.80 bits per heavy atom. The molecule has 30 heavy (non-hydrogen) atoms. The summed E-state index contributed by atoms with van der Waals surface area (Å²) in [7, 11) is -7.06. The van der Waals surface area contributed by atoms with Crippen LogP contribution in [0.5, 0.6) is 0 Å². The predicted octanol–water partition coefficient (Wildman–Crippen LogP) is 1.95.